The Hall–Kier alpha value is -5.02. The van der Waals surface area contributed by atoms with Crippen LogP contribution in [-0.2, 0) is 11.3 Å². The number of benzene rings is 3. The van der Waals surface area contributed by atoms with Crippen molar-refractivity contribution in [1.82, 2.24) is 20.0 Å². The van der Waals surface area contributed by atoms with Gasteiger partial charge in [0.25, 0.3) is 0 Å². The predicted molar refractivity (Wildman–Crippen MR) is 166 cm³/mol. The fraction of sp³-hybridized carbons (Fsp3) is 0.212. The summed E-state index contributed by atoms with van der Waals surface area (Å²) in [7, 11) is 0. The van der Waals surface area contributed by atoms with Crippen molar-refractivity contribution in [2.75, 3.05) is 41.7 Å². The Morgan fingerprint density at radius 2 is 1.57 bits per heavy atom. The molecule has 2 aromatic heterocycles. The maximum atomic E-state index is 11.3. The Labute approximate surface area is 245 Å². The van der Waals surface area contributed by atoms with Gasteiger partial charge in [0.15, 0.2) is 0 Å². The zero-order chi connectivity index (χ0) is 28.9. The molecule has 0 aliphatic carbocycles. The lowest BCUT2D eigenvalue weighted by molar-refractivity contribution is -0.114. The Kier molecular flexibility index (Phi) is 7.91. The molecule has 0 atom stereocenters. The van der Waals surface area contributed by atoms with Crippen molar-refractivity contribution in [3.63, 3.8) is 0 Å². The smallest absolute Gasteiger partial charge is 0.227 e. The van der Waals surface area contributed by atoms with Crippen molar-refractivity contribution in [3.05, 3.63) is 102 Å². The predicted octanol–water partition coefficient (Wildman–Crippen LogP) is 6.13. The molecule has 2 N–H and O–H groups in total. The number of carbonyl (C=O) groups is 1. The summed E-state index contributed by atoms with van der Waals surface area (Å²) in [6.45, 7) is 8.14. The number of aryl methyl sites for hydroxylation is 1. The van der Waals surface area contributed by atoms with Crippen molar-refractivity contribution in [2.45, 2.75) is 20.4 Å². The zero-order valence-corrected chi connectivity index (χ0v) is 23.7. The van der Waals surface area contributed by atoms with Gasteiger partial charge >= 0.3 is 0 Å². The van der Waals surface area contributed by atoms with Crippen LogP contribution in [0, 0.1) is 6.92 Å². The molecule has 0 bridgehead atoms. The molecule has 0 spiro atoms. The third-order valence-corrected chi connectivity index (χ3v) is 7.43. The number of hydrogen-bond donors (Lipinski definition) is 2. The molecule has 1 amide bonds. The van der Waals surface area contributed by atoms with Crippen LogP contribution < -0.4 is 15.5 Å². The summed E-state index contributed by atoms with van der Waals surface area (Å²) in [5.74, 6) is 1.31. The minimum atomic E-state index is -0.0968. The van der Waals surface area contributed by atoms with Gasteiger partial charge in [0.1, 0.15) is 11.5 Å². The first-order valence-corrected chi connectivity index (χ1v) is 14.1. The van der Waals surface area contributed by atoms with E-state index >= 15 is 0 Å². The maximum Gasteiger partial charge on any atom is 0.227 e. The highest BCUT2D eigenvalue weighted by molar-refractivity contribution is 5.88. The number of amides is 1. The maximum absolute atomic E-state index is 11.3. The molecule has 9 nitrogen and oxygen atoms in total. The van der Waals surface area contributed by atoms with Gasteiger partial charge in [-0.25, -0.2) is 9.97 Å². The molecule has 42 heavy (non-hydrogen) atoms. The lowest BCUT2D eigenvalue weighted by Gasteiger charge is -2.36. The van der Waals surface area contributed by atoms with E-state index in [1.165, 1.54) is 18.2 Å². The molecule has 212 valence electrons. The SMILES string of the molecule is CC(=O)Nc1ccc(-c2ccnc(Nc3ccc(N4CCN(Cc5c(-c6ccccc6)noc5C)CC4)cc3)n2)cc1. The van der Waals surface area contributed by atoms with Crippen LogP contribution in [0.1, 0.15) is 18.2 Å². The van der Waals surface area contributed by atoms with E-state index in [2.05, 4.69) is 72.0 Å². The van der Waals surface area contributed by atoms with Crippen LogP contribution in [0.25, 0.3) is 22.5 Å². The quantitative estimate of drug-likeness (QED) is 0.234. The summed E-state index contributed by atoms with van der Waals surface area (Å²) in [6, 6.07) is 28.1. The van der Waals surface area contributed by atoms with Crippen LogP contribution in [0.4, 0.5) is 23.0 Å². The van der Waals surface area contributed by atoms with E-state index in [4.69, 9.17) is 4.52 Å². The Morgan fingerprint density at radius 1 is 0.857 bits per heavy atom. The van der Waals surface area contributed by atoms with Crippen molar-refractivity contribution in [2.24, 2.45) is 0 Å². The summed E-state index contributed by atoms with van der Waals surface area (Å²) >= 11 is 0. The van der Waals surface area contributed by atoms with Crippen molar-refractivity contribution < 1.29 is 9.32 Å². The van der Waals surface area contributed by atoms with Gasteiger partial charge in [0.05, 0.1) is 5.69 Å². The minimum absolute atomic E-state index is 0.0968. The van der Waals surface area contributed by atoms with Crippen LogP contribution >= 0.6 is 0 Å². The first kappa shape index (κ1) is 27.2. The van der Waals surface area contributed by atoms with Crippen LogP contribution in [0.5, 0.6) is 0 Å². The highest BCUT2D eigenvalue weighted by Gasteiger charge is 2.22. The topological polar surface area (TPSA) is 99.4 Å². The number of nitrogens with zero attached hydrogens (tertiary/aromatic N) is 5. The Bertz CT molecular complexity index is 1640. The van der Waals surface area contributed by atoms with Crippen LogP contribution in [0.15, 0.2) is 95.6 Å². The highest BCUT2D eigenvalue weighted by Crippen LogP contribution is 2.28. The monoisotopic (exact) mass is 559 g/mol. The summed E-state index contributed by atoms with van der Waals surface area (Å²) in [4.78, 5) is 25.2. The van der Waals surface area contributed by atoms with Gasteiger partial charge in [0.2, 0.25) is 11.9 Å². The van der Waals surface area contributed by atoms with E-state index in [1.54, 1.807) is 6.20 Å². The normalized spacial score (nSPS) is 13.6. The van der Waals surface area contributed by atoms with E-state index in [1.807, 2.05) is 55.5 Å². The second kappa shape index (κ2) is 12.2. The van der Waals surface area contributed by atoms with E-state index < -0.39 is 0 Å². The molecular weight excluding hydrogens is 526 g/mol. The van der Waals surface area contributed by atoms with Crippen LogP contribution in [-0.4, -0.2) is 52.1 Å². The third kappa shape index (κ3) is 6.31. The van der Waals surface area contributed by atoms with Gasteiger partial charge in [-0.2, -0.15) is 0 Å². The van der Waals surface area contributed by atoms with Crippen molar-refractivity contribution >= 4 is 28.9 Å². The summed E-state index contributed by atoms with van der Waals surface area (Å²) < 4.78 is 5.57. The highest BCUT2D eigenvalue weighted by atomic mass is 16.5. The number of anilines is 4. The van der Waals surface area contributed by atoms with Gasteiger partial charge in [-0.15, -0.1) is 0 Å². The number of rotatable bonds is 8. The first-order valence-electron chi connectivity index (χ1n) is 14.1. The van der Waals surface area contributed by atoms with Gasteiger partial charge in [-0.1, -0.05) is 47.6 Å². The number of carbonyl (C=O) groups excluding carboxylic acids is 1. The molecule has 1 aliphatic heterocycles. The summed E-state index contributed by atoms with van der Waals surface area (Å²) in [5.41, 5.74) is 7.81. The molecular formula is C33H33N7O2. The van der Waals surface area contributed by atoms with Gasteiger partial charge in [-0.3, -0.25) is 9.69 Å². The standard InChI is InChI=1S/C33H33N7O2/c1-23-30(32(38-42-23)26-6-4-3-5-7-26)22-39-18-20-40(21-19-39)29-14-12-28(13-15-29)36-33-34-17-16-31(37-33)25-8-10-27(11-9-25)35-24(2)41/h3-17H,18-22H2,1-2H3,(H,35,41)(H,34,36,37). The van der Waals surface area contributed by atoms with E-state index in [-0.39, 0.29) is 5.91 Å². The second-order valence-corrected chi connectivity index (χ2v) is 10.4. The van der Waals surface area contributed by atoms with E-state index in [0.717, 1.165) is 72.4 Å². The fourth-order valence-electron chi connectivity index (χ4n) is 5.18. The largest absolute Gasteiger partial charge is 0.369 e. The second-order valence-electron chi connectivity index (χ2n) is 10.4. The average molecular weight is 560 g/mol. The minimum Gasteiger partial charge on any atom is -0.369 e. The Balaban J connectivity index is 1.05. The molecule has 0 unspecified atom stereocenters. The van der Waals surface area contributed by atoms with E-state index in [0.29, 0.717) is 5.95 Å². The molecule has 6 rings (SSSR count). The molecule has 0 radical (unpaired) electrons. The summed E-state index contributed by atoms with van der Waals surface area (Å²) in [5, 5.41) is 10.4. The fourth-order valence-corrected chi connectivity index (χ4v) is 5.18. The first-order chi connectivity index (χ1) is 20.5. The number of piperazine rings is 1. The zero-order valence-electron chi connectivity index (χ0n) is 23.7. The molecule has 3 heterocycles. The van der Waals surface area contributed by atoms with Crippen LogP contribution in [0.2, 0.25) is 0 Å². The van der Waals surface area contributed by atoms with Crippen molar-refractivity contribution in [1.29, 1.82) is 0 Å². The molecule has 1 aliphatic rings. The van der Waals surface area contributed by atoms with Gasteiger partial charge < -0.3 is 20.1 Å². The third-order valence-electron chi connectivity index (χ3n) is 7.43. The number of hydrogen-bond acceptors (Lipinski definition) is 8. The van der Waals surface area contributed by atoms with Crippen LogP contribution in [0.3, 0.4) is 0 Å². The Morgan fingerprint density at radius 3 is 2.29 bits per heavy atom. The van der Waals surface area contributed by atoms with E-state index in [9.17, 15) is 4.79 Å². The summed E-state index contributed by atoms with van der Waals surface area (Å²) in [6.07, 6.45) is 1.74. The molecule has 3 aromatic carbocycles. The van der Waals surface area contributed by atoms with Gasteiger partial charge in [0, 0.05) is 79.6 Å². The molecule has 1 saturated heterocycles. The lowest BCUT2D eigenvalue weighted by atomic mass is 10.1. The molecule has 9 heteroatoms. The molecule has 5 aromatic rings. The lowest BCUT2D eigenvalue weighted by Crippen LogP contribution is -2.46. The number of nitrogens with one attached hydrogen (secondary N) is 2. The van der Waals surface area contributed by atoms with Gasteiger partial charge in [-0.05, 0) is 49.4 Å². The average Bonchev–Trinajstić information content (AvgIpc) is 3.38. The van der Waals surface area contributed by atoms with Crippen molar-refractivity contribution in [3.8, 4) is 22.5 Å². The number of aromatic nitrogens is 3. The molecule has 1 fully saturated rings. The molecule has 0 saturated carbocycles.